The zero-order chi connectivity index (χ0) is 21.7. The molecule has 0 spiro atoms. The SMILES string of the molecule is CCC(=NOCc1ccc(C#N)cc1)c1cc(Cl)ccc1NS(=O)(=O)C(F)(F)F. The molecule has 2 aromatic rings. The van der Waals surface area contributed by atoms with Crippen LogP contribution in [0.4, 0.5) is 18.9 Å². The summed E-state index contributed by atoms with van der Waals surface area (Å²) in [6.45, 7) is 1.71. The molecule has 2 rings (SSSR count). The first-order valence-electron chi connectivity index (χ1n) is 8.14. The first-order chi connectivity index (χ1) is 13.6. The van der Waals surface area contributed by atoms with E-state index in [2.05, 4.69) is 5.16 Å². The lowest BCUT2D eigenvalue weighted by Gasteiger charge is -2.15. The van der Waals surface area contributed by atoms with Crippen LogP contribution in [-0.4, -0.2) is 19.6 Å². The zero-order valence-electron chi connectivity index (χ0n) is 15.0. The lowest BCUT2D eigenvalue weighted by Crippen LogP contribution is -2.30. The predicted octanol–water partition coefficient (Wildman–Crippen LogP) is 4.80. The van der Waals surface area contributed by atoms with Crippen LogP contribution in [0, 0.1) is 11.3 Å². The summed E-state index contributed by atoms with van der Waals surface area (Å²) in [6.07, 6.45) is 0.231. The first-order valence-corrected chi connectivity index (χ1v) is 10.0. The molecule has 0 unspecified atom stereocenters. The van der Waals surface area contributed by atoms with Crippen molar-refractivity contribution in [1.29, 1.82) is 5.26 Å². The van der Waals surface area contributed by atoms with Gasteiger partial charge in [-0.2, -0.15) is 26.9 Å². The minimum Gasteiger partial charge on any atom is -0.391 e. The summed E-state index contributed by atoms with van der Waals surface area (Å²) in [5.41, 5.74) is -4.35. The summed E-state index contributed by atoms with van der Waals surface area (Å²) in [7, 11) is -5.61. The van der Waals surface area contributed by atoms with Crippen LogP contribution in [0.25, 0.3) is 0 Å². The molecule has 2 aromatic carbocycles. The van der Waals surface area contributed by atoms with Crippen LogP contribution in [0.3, 0.4) is 0 Å². The second-order valence-corrected chi connectivity index (χ2v) is 7.83. The van der Waals surface area contributed by atoms with Crippen LogP contribution in [-0.2, 0) is 21.5 Å². The van der Waals surface area contributed by atoms with Gasteiger partial charge in [-0.15, -0.1) is 0 Å². The normalized spacial score (nSPS) is 12.3. The highest BCUT2D eigenvalue weighted by Crippen LogP contribution is 2.29. The summed E-state index contributed by atoms with van der Waals surface area (Å²) in [6, 6.07) is 12.2. The van der Waals surface area contributed by atoms with E-state index in [-0.39, 0.29) is 35.0 Å². The maximum Gasteiger partial charge on any atom is 0.516 e. The molecule has 0 aromatic heterocycles. The van der Waals surface area contributed by atoms with Crippen LogP contribution in [0.2, 0.25) is 5.02 Å². The number of alkyl halides is 3. The van der Waals surface area contributed by atoms with E-state index in [9.17, 15) is 21.6 Å². The summed E-state index contributed by atoms with van der Waals surface area (Å²) in [5, 5.41) is 12.9. The molecule has 154 valence electrons. The van der Waals surface area contributed by atoms with Gasteiger partial charge in [-0.25, -0.2) is 0 Å². The van der Waals surface area contributed by atoms with Crippen LogP contribution in [0.5, 0.6) is 0 Å². The van der Waals surface area contributed by atoms with Gasteiger partial charge in [0.1, 0.15) is 6.61 Å². The molecule has 11 heteroatoms. The Kier molecular flexibility index (Phi) is 7.11. The molecule has 0 aliphatic heterocycles. The Bertz CT molecular complexity index is 1050. The van der Waals surface area contributed by atoms with E-state index in [1.807, 2.05) is 6.07 Å². The lowest BCUT2D eigenvalue weighted by molar-refractivity contribution is -0.0429. The quantitative estimate of drug-likeness (QED) is 0.489. The van der Waals surface area contributed by atoms with E-state index < -0.39 is 15.5 Å². The van der Waals surface area contributed by atoms with Gasteiger partial charge in [0.25, 0.3) is 0 Å². The Balaban J connectivity index is 2.28. The standard InChI is InChI=1S/C18H15ClF3N3O3S/c1-2-16(24-28-11-13-5-3-12(10-23)4-6-13)15-9-14(19)7-8-17(15)25-29(26,27)18(20,21)22/h3-9,25H,2,11H2,1H3. The van der Waals surface area contributed by atoms with Gasteiger partial charge in [-0.3, -0.25) is 4.72 Å². The Morgan fingerprint density at radius 2 is 1.90 bits per heavy atom. The molecule has 1 N–H and O–H groups in total. The Hall–Kier alpha value is -2.77. The van der Waals surface area contributed by atoms with Crippen LogP contribution in [0.15, 0.2) is 47.6 Å². The van der Waals surface area contributed by atoms with Crippen molar-refractivity contribution in [3.05, 3.63) is 64.2 Å². The highest BCUT2D eigenvalue weighted by Gasteiger charge is 2.46. The number of nitriles is 1. The Labute approximate surface area is 170 Å². The smallest absolute Gasteiger partial charge is 0.391 e. The Morgan fingerprint density at radius 3 is 2.45 bits per heavy atom. The highest BCUT2D eigenvalue weighted by atomic mass is 35.5. The number of sulfonamides is 1. The molecule has 0 saturated carbocycles. The van der Waals surface area contributed by atoms with Gasteiger partial charge in [-0.1, -0.05) is 35.8 Å². The van der Waals surface area contributed by atoms with Gasteiger partial charge in [-0.05, 0) is 42.3 Å². The molecule has 0 aliphatic rings. The van der Waals surface area contributed by atoms with Gasteiger partial charge in [0, 0.05) is 10.6 Å². The minimum atomic E-state index is -5.61. The summed E-state index contributed by atoms with van der Waals surface area (Å²) >= 11 is 5.92. The van der Waals surface area contributed by atoms with Gasteiger partial charge in [0.15, 0.2) is 0 Å². The van der Waals surface area contributed by atoms with E-state index in [1.54, 1.807) is 31.2 Å². The first kappa shape index (κ1) is 22.5. The molecule has 0 heterocycles. The van der Waals surface area contributed by atoms with Crippen molar-refractivity contribution in [2.24, 2.45) is 5.16 Å². The average molecular weight is 446 g/mol. The topological polar surface area (TPSA) is 91.5 Å². The third kappa shape index (κ3) is 5.85. The van der Waals surface area contributed by atoms with Crippen LogP contribution in [0.1, 0.15) is 30.0 Å². The summed E-state index contributed by atoms with van der Waals surface area (Å²) in [5.74, 6) is 0. The number of oxime groups is 1. The maximum absolute atomic E-state index is 12.7. The largest absolute Gasteiger partial charge is 0.516 e. The number of rotatable bonds is 7. The molecule has 0 saturated heterocycles. The summed E-state index contributed by atoms with van der Waals surface area (Å²) < 4.78 is 62.5. The number of halogens is 4. The Morgan fingerprint density at radius 1 is 1.24 bits per heavy atom. The van der Waals surface area contributed by atoms with Gasteiger partial charge < -0.3 is 4.84 Å². The minimum absolute atomic E-state index is 0.0411. The van der Waals surface area contributed by atoms with Crippen molar-refractivity contribution in [1.82, 2.24) is 0 Å². The molecule has 0 amide bonds. The number of nitrogens with zero attached hydrogens (tertiary/aromatic N) is 2. The molecule has 29 heavy (non-hydrogen) atoms. The highest BCUT2D eigenvalue weighted by molar-refractivity contribution is 7.93. The van der Waals surface area contributed by atoms with Gasteiger partial charge >= 0.3 is 15.5 Å². The second kappa shape index (κ2) is 9.15. The van der Waals surface area contributed by atoms with Crippen molar-refractivity contribution in [3.8, 4) is 6.07 Å². The maximum atomic E-state index is 12.7. The number of nitrogens with one attached hydrogen (secondary N) is 1. The molecule has 0 aliphatic carbocycles. The number of hydrogen-bond acceptors (Lipinski definition) is 5. The average Bonchev–Trinajstić information content (AvgIpc) is 2.66. The van der Waals surface area contributed by atoms with E-state index >= 15 is 0 Å². The number of hydrogen-bond donors (Lipinski definition) is 1. The molecule has 0 fully saturated rings. The van der Waals surface area contributed by atoms with E-state index in [1.165, 1.54) is 16.9 Å². The van der Waals surface area contributed by atoms with E-state index in [0.29, 0.717) is 11.1 Å². The number of anilines is 1. The van der Waals surface area contributed by atoms with Crippen molar-refractivity contribution in [3.63, 3.8) is 0 Å². The molecular weight excluding hydrogens is 431 g/mol. The zero-order valence-corrected chi connectivity index (χ0v) is 16.6. The van der Waals surface area contributed by atoms with Crippen molar-refractivity contribution in [2.45, 2.75) is 25.5 Å². The van der Waals surface area contributed by atoms with Crippen molar-refractivity contribution < 1.29 is 26.4 Å². The molecule has 0 atom stereocenters. The van der Waals surface area contributed by atoms with Crippen molar-refractivity contribution >= 4 is 33.0 Å². The van der Waals surface area contributed by atoms with Crippen LogP contribution < -0.4 is 4.72 Å². The molecular formula is C18H15ClF3N3O3S. The fourth-order valence-corrected chi connectivity index (χ4v) is 2.97. The van der Waals surface area contributed by atoms with E-state index in [4.69, 9.17) is 21.7 Å². The number of benzene rings is 2. The van der Waals surface area contributed by atoms with Crippen LogP contribution >= 0.6 is 11.6 Å². The van der Waals surface area contributed by atoms with Crippen molar-refractivity contribution in [2.75, 3.05) is 4.72 Å². The third-order valence-corrected chi connectivity index (χ3v) is 5.00. The predicted molar refractivity (Wildman–Crippen MR) is 103 cm³/mol. The fraction of sp³-hybridized carbons (Fsp3) is 0.222. The van der Waals surface area contributed by atoms with Gasteiger partial charge in [0.2, 0.25) is 0 Å². The monoisotopic (exact) mass is 445 g/mol. The summed E-state index contributed by atoms with van der Waals surface area (Å²) in [4.78, 5) is 5.26. The van der Waals surface area contributed by atoms with E-state index in [0.717, 1.165) is 6.07 Å². The molecule has 0 radical (unpaired) electrons. The second-order valence-electron chi connectivity index (χ2n) is 5.71. The molecule has 6 nitrogen and oxygen atoms in total. The lowest BCUT2D eigenvalue weighted by atomic mass is 10.1. The molecule has 0 bridgehead atoms. The third-order valence-electron chi connectivity index (χ3n) is 3.67. The van der Waals surface area contributed by atoms with Gasteiger partial charge in [0.05, 0.1) is 23.0 Å². The fourth-order valence-electron chi connectivity index (χ4n) is 2.21.